The predicted octanol–water partition coefficient (Wildman–Crippen LogP) is 1.10. The van der Waals surface area contributed by atoms with E-state index in [-0.39, 0.29) is 5.69 Å². The van der Waals surface area contributed by atoms with Gasteiger partial charge in [0.05, 0.1) is 17.4 Å². The number of amides is 1. The first-order valence-electron chi connectivity index (χ1n) is 5.66. The third-order valence-electron chi connectivity index (χ3n) is 2.84. The Morgan fingerprint density at radius 3 is 2.74 bits per heavy atom. The van der Waals surface area contributed by atoms with Crippen LogP contribution >= 0.6 is 0 Å². The van der Waals surface area contributed by atoms with Crippen molar-refractivity contribution in [3.63, 3.8) is 0 Å². The molecule has 94 valence electrons. The number of nitrogens with zero attached hydrogens (tertiary/aromatic N) is 3. The standard InChI is InChI=1S/C13H11N5O/c14-9-5-6-10(12(15)19)17-13(9)18-11-4-2-1-3-8(11)7-16-18/h1-7H,14H2,(H2,15,19). The van der Waals surface area contributed by atoms with Gasteiger partial charge in [-0.1, -0.05) is 18.2 Å². The average Bonchev–Trinajstić information content (AvgIpc) is 2.83. The molecule has 0 aliphatic carbocycles. The molecular formula is C13H11N5O. The molecule has 0 atom stereocenters. The van der Waals surface area contributed by atoms with Crippen LogP contribution < -0.4 is 11.5 Å². The Labute approximate surface area is 108 Å². The van der Waals surface area contributed by atoms with Crippen molar-refractivity contribution in [2.24, 2.45) is 5.73 Å². The number of anilines is 1. The summed E-state index contributed by atoms with van der Waals surface area (Å²) in [6, 6.07) is 10.7. The Kier molecular flexibility index (Phi) is 2.42. The van der Waals surface area contributed by atoms with E-state index in [0.29, 0.717) is 11.5 Å². The molecule has 0 aliphatic rings. The first-order chi connectivity index (χ1) is 9.16. The molecule has 0 fully saturated rings. The van der Waals surface area contributed by atoms with E-state index in [0.717, 1.165) is 10.9 Å². The summed E-state index contributed by atoms with van der Waals surface area (Å²) in [5.41, 5.74) is 12.6. The van der Waals surface area contributed by atoms with E-state index >= 15 is 0 Å². The zero-order valence-corrected chi connectivity index (χ0v) is 9.95. The molecule has 19 heavy (non-hydrogen) atoms. The van der Waals surface area contributed by atoms with Gasteiger partial charge in [0, 0.05) is 5.39 Å². The van der Waals surface area contributed by atoms with Crippen LogP contribution in [-0.4, -0.2) is 20.7 Å². The van der Waals surface area contributed by atoms with E-state index in [2.05, 4.69) is 10.1 Å². The molecule has 6 heteroatoms. The minimum absolute atomic E-state index is 0.156. The zero-order chi connectivity index (χ0) is 13.4. The quantitative estimate of drug-likeness (QED) is 0.714. The van der Waals surface area contributed by atoms with Crippen molar-refractivity contribution >= 4 is 22.5 Å². The highest BCUT2D eigenvalue weighted by Crippen LogP contribution is 2.20. The van der Waals surface area contributed by atoms with Gasteiger partial charge in [-0.2, -0.15) is 5.10 Å². The Morgan fingerprint density at radius 1 is 1.16 bits per heavy atom. The smallest absolute Gasteiger partial charge is 0.267 e. The van der Waals surface area contributed by atoms with Gasteiger partial charge in [0.25, 0.3) is 5.91 Å². The van der Waals surface area contributed by atoms with Gasteiger partial charge in [-0.25, -0.2) is 9.67 Å². The van der Waals surface area contributed by atoms with Gasteiger partial charge in [0.2, 0.25) is 0 Å². The maximum Gasteiger partial charge on any atom is 0.267 e. The molecule has 0 spiro atoms. The highest BCUT2D eigenvalue weighted by Gasteiger charge is 2.11. The maximum absolute atomic E-state index is 11.2. The molecule has 1 amide bonds. The highest BCUT2D eigenvalue weighted by molar-refractivity contribution is 5.91. The molecule has 0 saturated carbocycles. The van der Waals surface area contributed by atoms with Crippen LogP contribution in [0, 0.1) is 0 Å². The molecule has 6 nitrogen and oxygen atoms in total. The van der Waals surface area contributed by atoms with Crippen LogP contribution in [0.15, 0.2) is 42.6 Å². The molecule has 0 bridgehead atoms. The Bertz CT molecular complexity index is 778. The van der Waals surface area contributed by atoms with Gasteiger partial charge < -0.3 is 11.5 Å². The number of aromatic nitrogens is 3. The number of hydrogen-bond acceptors (Lipinski definition) is 4. The molecule has 0 saturated heterocycles. The number of benzene rings is 1. The Hall–Kier alpha value is -2.89. The van der Waals surface area contributed by atoms with Crippen molar-refractivity contribution in [1.82, 2.24) is 14.8 Å². The van der Waals surface area contributed by atoms with Gasteiger partial charge >= 0.3 is 0 Å². The van der Waals surface area contributed by atoms with Crippen LogP contribution in [0.5, 0.6) is 0 Å². The number of nitrogen functional groups attached to an aromatic ring is 1. The van der Waals surface area contributed by atoms with Gasteiger partial charge in [-0.15, -0.1) is 0 Å². The molecule has 1 aromatic carbocycles. The number of carbonyl (C=O) groups is 1. The van der Waals surface area contributed by atoms with E-state index < -0.39 is 5.91 Å². The van der Waals surface area contributed by atoms with Crippen molar-refractivity contribution in [2.75, 3.05) is 5.73 Å². The van der Waals surface area contributed by atoms with E-state index in [1.54, 1.807) is 16.9 Å². The second kappa shape index (κ2) is 4.09. The van der Waals surface area contributed by atoms with Crippen LogP contribution in [0.2, 0.25) is 0 Å². The summed E-state index contributed by atoms with van der Waals surface area (Å²) in [5, 5.41) is 5.21. The number of primary amides is 1. The summed E-state index contributed by atoms with van der Waals surface area (Å²) < 4.78 is 1.59. The lowest BCUT2D eigenvalue weighted by Gasteiger charge is -2.07. The van der Waals surface area contributed by atoms with E-state index in [1.165, 1.54) is 6.07 Å². The zero-order valence-electron chi connectivity index (χ0n) is 9.95. The normalized spacial score (nSPS) is 10.7. The topological polar surface area (TPSA) is 99.8 Å². The molecule has 3 aromatic rings. The second-order valence-corrected chi connectivity index (χ2v) is 4.09. The number of nitrogens with two attached hydrogens (primary N) is 2. The van der Waals surface area contributed by atoms with Gasteiger partial charge in [-0.05, 0) is 18.2 Å². The first kappa shape index (κ1) is 11.2. The lowest BCUT2D eigenvalue weighted by atomic mass is 10.2. The molecule has 4 N–H and O–H groups in total. The third kappa shape index (κ3) is 1.79. The van der Waals surface area contributed by atoms with Crippen molar-refractivity contribution in [3.8, 4) is 5.82 Å². The van der Waals surface area contributed by atoms with Crippen LogP contribution in [0.4, 0.5) is 5.69 Å². The SMILES string of the molecule is NC(=O)c1ccc(N)c(-n2ncc3ccccc32)n1. The van der Waals surface area contributed by atoms with E-state index in [4.69, 9.17) is 11.5 Å². The molecular weight excluding hydrogens is 242 g/mol. The number of rotatable bonds is 2. The van der Waals surface area contributed by atoms with Crippen molar-refractivity contribution in [1.29, 1.82) is 0 Å². The Morgan fingerprint density at radius 2 is 1.95 bits per heavy atom. The lowest BCUT2D eigenvalue weighted by molar-refractivity contribution is 0.0995. The van der Waals surface area contributed by atoms with Gasteiger partial charge in [0.1, 0.15) is 5.69 Å². The summed E-state index contributed by atoms with van der Waals surface area (Å²) in [6.45, 7) is 0. The van der Waals surface area contributed by atoms with Gasteiger partial charge in [-0.3, -0.25) is 4.79 Å². The van der Waals surface area contributed by atoms with Crippen molar-refractivity contribution in [3.05, 3.63) is 48.3 Å². The maximum atomic E-state index is 11.2. The van der Waals surface area contributed by atoms with E-state index in [9.17, 15) is 4.79 Å². The molecule has 2 heterocycles. The number of para-hydroxylation sites is 1. The highest BCUT2D eigenvalue weighted by atomic mass is 16.1. The minimum Gasteiger partial charge on any atom is -0.396 e. The molecule has 3 rings (SSSR count). The second-order valence-electron chi connectivity index (χ2n) is 4.09. The summed E-state index contributed by atoms with van der Waals surface area (Å²) >= 11 is 0. The minimum atomic E-state index is -0.599. The number of fused-ring (bicyclic) bond motifs is 1. The van der Waals surface area contributed by atoms with Crippen LogP contribution in [0.25, 0.3) is 16.7 Å². The summed E-state index contributed by atoms with van der Waals surface area (Å²) in [4.78, 5) is 15.4. The third-order valence-corrected chi connectivity index (χ3v) is 2.84. The van der Waals surface area contributed by atoms with Crippen LogP contribution in [-0.2, 0) is 0 Å². The predicted molar refractivity (Wildman–Crippen MR) is 71.8 cm³/mol. The summed E-state index contributed by atoms with van der Waals surface area (Å²) in [6.07, 6.45) is 1.72. The first-order valence-corrected chi connectivity index (χ1v) is 5.66. The largest absolute Gasteiger partial charge is 0.396 e. The van der Waals surface area contributed by atoms with Crippen molar-refractivity contribution in [2.45, 2.75) is 0 Å². The fourth-order valence-electron chi connectivity index (χ4n) is 1.91. The number of pyridine rings is 1. The number of carbonyl (C=O) groups excluding carboxylic acids is 1. The fourth-order valence-corrected chi connectivity index (χ4v) is 1.91. The van der Waals surface area contributed by atoms with Crippen LogP contribution in [0.3, 0.4) is 0 Å². The Balaban J connectivity index is 2.26. The van der Waals surface area contributed by atoms with E-state index in [1.807, 2.05) is 24.3 Å². The van der Waals surface area contributed by atoms with Gasteiger partial charge in [0.15, 0.2) is 5.82 Å². The number of hydrogen-bond donors (Lipinski definition) is 2. The van der Waals surface area contributed by atoms with Crippen LogP contribution in [0.1, 0.15) is 10.5 Å². The summed E-state index contributed by atoms with van der Waals surface area (Å²) in [7, 11) is 0. The molecule has 2 aromatic heterocycles. The lowest BCUT2D eigenvalue weighted by Crippen LogP contribution is -2.15. The monoisotopic (exact) mass is 253 g/mol. The van der Waals surface area contributed by atoms with Crippen molar-refractivity contribution < 1.29 is 4.79 Å². The molecule has 0 aliphatic heterocycles. The molecule has 0 radical (unpaired) electrons. The fraction of sp³-hybridized carbons (Fsp3) is 0. The molecule has 0 unspecified atom stereocenters. The summed E-state index contributed by atoms with van der Waals surface area (Å²) in [5.74, 6) is -0.199. The average molecular weight is 253 g/mol.